The SMILES string of the molecule is O=[N+]([O-])c1ccc(NC(=S)N(Cc2ccccc2)CC(F)(F)F)cc1. The predicted octanol–water partition coefficient (Wildman–Crippen LogP) is 4.36. The molecule has 132 valence electrons. The first kappa shape index (κ1) is 18.7. The molecule has 0 amide bonds. The molecule has 0 aliphatic carbocycles. The van der Waals surface area contributed by atoms with Crippen LogP contribution in [0.4, 0.5) is 24.5 Å². The van der Waals surface area contributed by atoms with Crippen LogP contribution >= 0.6 is 12.2 Å². The molecule has 5 nitrogen and oxygen atoms in total. The lowest BCUT2D eigenvalue weighted by Gasteiger charge is -2.27. The van der Waals surface area contributed by atoms with Gasteiger partial charge < -0.3 is 10.2 Å². The first-order chi connectivity index (χ1) is 11.7. The average Bonchev–Trinajstić information content (AvgIpc) is 2.54. The van der Waals surface area contributed by atoms with E-state index in [1.165, 1.54) is 24.3 Å². The van der Waals surface area contributed by atoms with Gasteiger partial charge in [0.15, 0.2) is 5.11 Å². The number of thiocarbonyl (C=S) groups is 1. The number of non-ortho nitro benzene ring substituents is 1. The van der Waals surface area contributed by atoms with Crippen LogP contribution in [0.2, 0.25) is 0 Å². The van der Waals surface area contributed by atoms with Gasteiger partial charge in [-0.1, -0.05) is 30.3 Å². The number of alkyl halides is 3. The molecule has 0 saturated carbocycles. The minimum absolute atomic E-state index is 0.0147. The second-order valence-corrected chi connectivity index (χ2v) is 5.58. The fourth-order valence-electron chi connectivity index (χ4n) is 2.09. The highest BCUT2D eigenvalue weighted by molar-refractivity contribution is 7.80. The molecule has 2 aromatic carbocycles. The predicted molar refractivity (Wildman–Crippen MR) is 92.2 cm³/mol. The van der Waals surface area contributed by atoms with Crippen molar-refractivity contribution in [3.05, 3.63) is 70.3 Å². The molecule has 0 unspecified atom stereocenters. The Bertz CT molecular complexity index is 737. The van der Waals surface area contributed by atoms with Crippen molar-refractivity contribution in [2.24, 2.45) is 0 Å². The van der Waals surface area contributed by atoms with Crippen molar-refractivity contribution in [3.63, 3.8) is 0 Å². The molecule has 9 heteroatoms. The number of hydrogen-bond donors (Lipinski definition) is 1. The second kappa shape index (κ2) is 7.93. The van der Waals surface area contributed by atoms with Crippen LogP contribution in [0, 0.1) is 10.1 Å². The quantitative estimate of drug-likeness (QED) is 0.482. The lowest BCUT2D eigenvalue weighted by Crippen LogP contribution is -2.40. The van der Waals surface area contributed by atoms with Crippen LogP contribution in [-0.2, 0) is 6.54 Å². The van der Waals surface area contributed by atoms with Crippen LogP contribution in [0.25, 0.3) is 0 Å². The fraction of sp³-hybridized carbons (Fsp3) is 0.188. The monoisotopic (exact) mass is 369 g/mol. The van der Waals surface area contributed by atoms with Gasteiger partial charge in [0.1, 0.15) is 6.54 Å². The van der Waals surface area contributed by atoms with Crippen molar-refractivity contribution in [2.45, 2.75) is 12.7 Å². The summed E-state index contributed by atoms with van der Waals surface area (Å²) in [6.45, 7) is -1.22. The number of halogens is 3. The number of nitro groups is 1. The molecular weight excluding hydrogens is 355 g/mol. The van der Waals surface area contributed by atoms with Crippen LogP contribution in [0.15, 0.2) is 54.6 Å². The number of anilines is 1. The van der Waals surface area contributed by atoms with Gasteiger partial charge in [-0.15, -0.1) is 0 Å². The molecule has 0 spiro atoms. The van der Waals surface area contributed by atoms with Crippen molar-refractivity contribution < 1.29 is 18.1 Å². The van der Waals surface area contributed by atoms with E-state index in [4.69, 9.17) is 12.2 Å². The minimum atomic E-state index is -4.42. The third-order valence-corrected chi connectivity index (χ3v) is 3.56. The van der Waals surface area contributed by atoms with Crippen molar-refractivity contribution in [1.29, 1.82) is 0 Å². The zero-order chi connectivity index (χ0) is 18.4. The van der Waals surface area contributed by atoms with E-state index in [0.29, 0.717) is 11.3 Å². The van der Waals surface area contributed by atoms with E-state index in [1.807, 2.05) is 0 Å². The summed E-state index contributed by atoms with van der Waals surface area (Å²) in [4.78, 5) is 11.1. The van der Waals surface area contributed by atoms with E-state index in [-0.39, 0.29) is 17.3 Å². The van der Waals surface area contributed by atoms with Gasteiger partial charge >= 0.3 is 6.18 Å². The summed E-state index contributed by atoms with van der Waals surface area (Å²) in [5.41, 5.74) is 0.934. The first-order valence-electron chi connectivity index (χ1n) is 7.16. The maximum atomic E-state index is 12.8. The summed E-state index contributed by atoms with van der Waals surface area (Å²) in [7, 11) is 0. The summed E-state index contributed by atoms with van der Waals surface area (Å²) in [6, 6.07) is 13.9. The van der Waals surface area contributed by atoms with E-state index in [1.54, 1.807) is 30.3 Å². The van der Waals surface area contributed by atoms with E-state index in [0.717, 1.165) is 4.90 Å². The molecule has 0 radical (unpaired) electrons. The number of nitrogens with zero attached hydrogens (tertiary/aromatic N) is 2. The van der Waals surface area contributed by atoms with Crippen LogP contribution in [0.1, 0.15) is 5.56 Å². The van der Waals surface area contributed by atoms with Crippen LogP contribution < -0.4 is 5.32 Å². The Kier molecular flexibility index (Phi) is 5.92. The Hall–Kier alpha value is -2.68. The average molecular weight is 369 g/mol. The van der Waals surface area contributed by atoms with E-state index < -0.39 is 17.6 Å². The Balaban J connectivity index is 2.12. The summed E-state index contributed by atoms with van der Waals surface area (Å²) >= 11 is 5.09. The summed E-state index contributed by atoms with van der Waals surface area (Å²) in [5.74, 6) is 0. The summed E-state index contributed by atoms with van der Waals surface area (Å²) in [5, 5.41) is 13.2. The normalized spacial score (nSPS) is 11.0. The lowest BCUT2D eigenvalue weighted by atomic mass is 10.2. The highest BCUT2D eigenvalue weighted by atomic mass is 32.1. The number of nitrogens with one attached hydrogen (secondary N) is 1. The van der Waals surface area contributed by atoms with Gasteiger partial charge in [0.2, 0.25) is 0 Å². The summed E-state index contributed by atoms with van der Waals surface area (Å²) < 4.78 is 38.5. The molecule has 25 heavy (non-hydrogen) atoms. The highest BCUT2D eigenvalue weighted by Crippen LogP contribution is 2.20. The molecule has 0 aromatic heterocycles. The maximum Gasteiger partial charge on any atom is 0.406 e. The van der Waals surface area contributed by atoms with E-state index in [9.17, 15) is 23.3 Å². The topological polar surface area (TPSA) is 58.4 Å². The highest BCUT2D eigenvalue weighted by Gasteiger charge is 2.32. The molecule has 0 fully saturated rings. The molecule has 0 aliphatic rings. The molecule has 0 atom stereocenters. The van der Waals surface area contributed by atoms with Gasteiger partial charge in [-0.3, -0.25) is 10.1 Å². The van der Waals surface area contributed by atoms with Gasteiger partial charge in [0.05, 0.1) is 4.92 Å². The molecule has 0 aliphatic heterocycles. The van der Waals surface area contributed by atoms with Crippen LogP contribution in [0.5, 0.6) is 0 Å². The van der Waals surface area contributed by atoms with Crippen LogP contribution in [0.3, 0.4) is 0 Å². The number of benzene rings is 2. The Morgan fingerprint density at radius 2 is 1.72 bits per heavy atom. The van der Waals surface area contributed by atoms with E-state index >= 15 is 0 Å². The molecule has 1 N–H and O–H groups in total. The lowest BCUT2D eigenvalue weighted by molar-refractivity contribution is -0.384. The van der Waals surface area contributed by atoms with Crippen molar-refractivity contribution in [2.75, 3.05) is 11.9 Å². The molecule has 0 bridgehead atoms. The largest absolute Gasteiger partial charge is 0.406 e. The number of rotatable bonds is 5. The Morgan fingerprint density at radius 1 is 1.12 bits per heavy atom. The maximum absolute atomic E-state index is 12.8. The molecular formula is C16H14F3N3O2S. The minimum Gasteiger partial charge on any atom is -0.336 e. The number of nitro benzene ring substituents is 1. The van der Waals surface area contributed by atoms with Crippen molar-refractivity contribution >= 4 is 28.7 Å². The summed E-state index contributed by atoms with van der Waals surface area (Å²) in [6.07, 6.45) is -4.42. The van der Waals surface area contributed by atoms with Gasteiger partial charge in [-0.2, -0.15) is 13.2 Å². The number of hydrogen-bond acceptors (Lipinski definition) is 3. The van der Waals surface area contributed by atoms with Gasteiger partial charge in [-0.25, -0.2) is 0 Å². The standard InChI is InChI=1S/C16H14F3N3O2S/c17-16(18,19)11-21(10-12-4-2-1-3-5-12)15(25)20-13-6-8-14(9-7-13)22(23)24/h1-9H,10-11H2,(H,20,25). The fourth-order valence-corrected chi connectivity index (χ4v) is 2.34. The zero-order valence-electron chi connectivity index (χ0n) is 12.9. The Labute approximate surface area is 147 Å². The smallest absolute Gasteiger partial charge is 0.336 e. The zero-order valence-corrected chi connectivity index (χ0v) is 13.7. The Morgan fingerprint density at radius 3 is 2.24 bits per heavy atom. The molecule has 0 saturated heterocycles. The van der Waals surface area contributed by atoms with E-state index in [2.05, 4.69) is 5.32 Å². The van der Waals surface area contributed by atoms with Crippen LogP contribution in [-0.4, -0.2) is 27.7 Å². The molecule has 2 aromatic rings. The molecule has 2 rings (SSSR count). The van der Waals surface area contributed by atoms with Gasteiger partial charge in [0, 0.05) is 24.4 Å². The van der Waals surface area contributed by atoms with Crippen molar-refractivity contribution in [1.82, 2.24) is 4.90 Å². The molecule has 0 heterocycles. The van der Waals surface area contributed by atoms with Gasteiger partial charge in [-0.05, 0) is 29.9 Å². The second-order valence-electron chi connectivity index (χ2n) is 5.19. The first-order valence-corrected chi connectivity index (χ1v) is 7.56. The third kappa shape index (κ3) is 6.03. The van der Waals surface area contributed by atoms with Gasteiger partial charge in [0.25, 0.3) is 5.69 Å². The van der Waals surface area contributed by atoms with Crippen molar-refractivity contribution in [3.8, 4) is 0 Å². The third-order valence-electron chi connectivity index (χ3n) is 3.20.